The fourth-order valence-electron chi connectivity index (χ4n) is 14.5. The number of fused-ring (bicyclic) bond motifs is 2. The third kappa shape index (κ3) is 22.9. The maximum Gasteiger partial charge on any atom is 1.00 e. The van der Waals surface area contributed by atoms with Crippen LogP contribution in [0.15, 0.2) is 175 Å². The van der Waals surface area contributed by atoms with E-state index in [0.29, 0.717) is 37.5 Å². The summed E-state index contributed by atoms with van der Waals surface area (Å²) in [7, 11) is -9.52. The van der Waals surface area contributed by atoms with Gasteiger partial charge in [0.05, 0.1) is 46.8 Å². The second-order valence-electron chi connectivity index (χ2n) is 26.3. The van der Waals surface area contributed by atoms with Crippen LogP contribution in [0.1, 0.15) is 139 Å². The molecule has 6 aromatic rings. The van der Waals surface area contributed by atoms with Crippen molar-refractivity contribution < 1.29 is 120 Å². The van der Waals surface area contributed by atoms with Gasteiger partial charge in [-0.25, -0.2) is 16.8 Å². The molecule has 16 nitrogen and oxygen atoms in total. The van der Waals surface area contributed by atoms with Crippen molar-refractivity contribution in [3.05, 3.63) is 168 Å². The van der Waals surface area contributed by atoms with E-state index in [4.69, 9.17) is 28.4 Å². The van der Waals surface area contributed by atoms with Crippen LogP contribution in [0.25, 0.3) is 0 Å². The summed E-state index contributed by atoms with van der Waals surface area (Å²) in [4.78, 5) is 54.7. The molecule has 8 bridgehead atoms. The number of aryl methyl sites for hydroxylation is 4. The van der Waals surface area contributed by atoms with Gasteiger partial charge in [-0.05, 0) is 175 Å². The standard InChI is InChI=1S/2C26H31OS.2C12H16O7S.BrH.Na/c2*1-4-5-6-13-18-27-26-21(2)19-25(20-22(26)3)28(23-14-9-7-10-15-23)24-16-11-8-12-17-24;2*13-10(5-20(15,16)17)19-11-7-1-6-2-8(4-7)12(14)18-9(11)3-6;;/h2*7-12,14-17,19-20H,4-6,13,18H2,1-3H3;2*6-9,11H,1-5H2,(H,15,16,17);1H;/q2*+1;;;;+1/p-3. The Morgan fingerprint density at radius 3 is 1.04 bits per heavy atom. The zero-order valence-electron chi connectivity index (χ0n) is 57.3. The number of hydrogen-bond acceptors (Lipinski definition) is 16. The van der Waals surface area contributed by atoms with Gasteiger partial charge >= 0.3 is 53.4 Å². The quantitative estimate of drug-likeness (QED) is 0.0138. The van der Waals surface area contributed by atoms with Crippen LogP contribution in [-0.4, -0.2) is 99.0 Å². The number of benzene rings is 6. The molecule has 8 aliphatic rings. The number of carbonyl (C=O) groups is 4. The average molecular weight is 1490 g/mol. The summed E-state index contributed by atoms with van der Waals surface area (Å²) in [5, 5.41) is 0. The fourth-order valence-corrected chi connectivity index (χ4v) is 19.7. The van der Waals surface area contributed by atoms with Gasteiger partial charge in [-0.3, -0.25) is 19.2 Å². The van der Waals surface area contributed by atoms with Crippen LogP contribution >= 0.6 is 0 Å². The molecule has 4 saturated heterocycles. The molecule has 14 rings (SSSR count). The minimum atomic E-state index is -4.65. The molecule has 0 N–H and O–H groups in total. The second-order valence-corrected chi connectivity index (χ2v) is 33.1. The number of carbonyl (C=O) groups excluding carboxylic acids is 4. The van der Waals surface area contributed by atoms with Gasteiger partial charge in [-0.15, -0.1) is 0 Å². The smallest absolute Gasteiger partial charge is 1.00 e. The Kier molecular flexibility index (Phi) is 31.2. The van der Waals surface area contributed by atoms with Gasteiger partial charge in [0.15, 0.2) is 29.4 Å². The summed E-state index contributed by atoms with van der Waals surface area (Å²) in [6, 6.07) is 52.5. The molecule has 4 aliphatic heterocycles. The van der Waals surface area contributed by atoms with Gasteiger partial charge in [0.1, 0.15) is 67.7 Å². The van der Waals surface area contributed by atoms with Crippen molar-refractivity contribution in [1.82, 2.24) is 0 Å². The monoisotopic (exact) mass is 1490 g/mol. The van der Waals surface area contributed by atoms with Crippen molar-refractivity contribution >= 4 is 65.9 Å². The van der Waals surface area contributed by atoms with E-state index >= 15 is 0 Å². The van der Waals surface area contributed by atoms with E-state index in [2.05, 4.69) is 187 Å². The van der Waals surface area contributed by atoms with Crippen LogP contribution in [0.2, 0.25) is 0 Å². The summed E-state index contributed by atoms with van der Waals surface area (Å²) in [5.74, 6) is -2.32. The number of ether oxygens (including phenoxy) is 6. The number of hydrogen-bond donors (Lipinski definition) is 0. The van der Waals surface area contributed by atoms with E-state index < -0.39 is 68.1 Å². The first kappa shape index (κ1) is 80.1. The maximum absolute atomic E-state index is 11.8. The Hall–Kier alpha value is -5.20. The molecule has 4 aliphatic carbocycles. The van der Waals surface area contributed by atoms with Crippen LogP contribution in [0, 0.1) is 63.2 Å². The molecule has 10 unspecified atom stereocenters. The first-order chi connectivity index (χ1) is 46.0. The minimum absolute atomic E-state index is 0. The van der Waals surface area contributed by atoms with Gasteiger partial charge in [0.25, 0.3) is 0 Å². The van der Waals surface area contributed by atoms with Crippen LogP contribution in [0.3, 0.4) is 0 Å². The molecule has 0 aromatic heterocycles. The topological polar surface area (TPSA) is 238 Å². The normalized spacial score (nSPS) is 22.3. The Balaban J connectivity index is 0.000000185. The van der Waals surface area contributed by atoms with Gasteiger partial charge in [0.2, 0.25) is 0 Å². The predicted octanol–water partition coefficient (Wildman–Crippen LogP) is 8.33. The molecular weight excluding hydrogens is 1400 g/mol. The van der Waals surface area contributed by atoms with Crippen LogP contribution in [-0.2, 0) is 80.2 Å². The predicted molar refractivity (Wildman–Crippen MR) is 368 cm³/mol. The zero-order chi connectivity index (χ0) is 68.5. The van der Waals surface area contributed by atoms with Crippen molar-refractivity contribution in [2.24, 2.45) is 35.5 Å². The molecule has 0 amide bonds. The molecule has 8 fully saturated rings. The average Bonchev–Trinajstić information content (AvgIpc) is 1.34. The number of esters is 4. The maximum atomic E-state index is 11.8. The zero-order valence-corrected chi connectivity index (χ0v) is 64.2. The molecule has 4 saturated carbocycles. The number of unbranched alkanes of at least 4 members (excludes halogenated alkanes) is 6. The summed E-state index contributed by atoms with van der Waals surface area (Å²) >= 11 is 0. The molecule has 6 aromatic carbocycles. The number of rotatable bonds is 24. The summed E-state index contributed by atoms with van der Waals surface area (Å²) in [6.07, 6.45) is 13.5. The first-order valence-electron chi connectivity index (χ1n) is 33.9. The van der Waals surface area contributed by atoms with Gasteiger partial charge in [0, 0.05) is 36.1 Å². The Bertz CT molecular complexity index is 3420. The van der Waals surface area contributed by atoms with Gasteiger partial charge < -0.3 is 54.5 Å². The van der Waals surface area contributed by atoms with Crippen molar-refractivity contribution in [1.29, 1.82) is 0 Å². The molecule has 0 radical (unpaired) electrons. The van der Waals surface area contributed by atoms with Crippen molar-refractivity contribution in [2.75, 3.05) is 24.7 Å². The van der Waals surface area contributed by atoms with Crippen molar-refractivity contribution in [2.45, 2.75) is 198 Å². The molecule has 4 heterocycles. The van der Waals surface area contributed by atoms with Crippen LogP contribution in [0.4, 0.5) is 0 Å². The Labute approximate surface area is 618 Å². The summed E-state index contributed by atoms with van der Waals surface area (Å²) in [6.45, 7) is 14.8. The summed E-state index contributed by atoms with van der Waals surface area (Å²) < 4.78 is 96.7. The van der Waals surface area contributed by atoms with E-state index in [1.165, 1.54) is 90.2 Å². The molecule has 10 atom stereocenters. The third-order valence-electron chi connectivity index (χ3n) is 18.5. The van der Waals surface area contributed by atoms with Crippen LogP contribution in [0.5, 0.6) is 11.5 Å². The van der Waals surface area contributed by atoms with E-state index in [-0.39, 0.29) is 104 Å². The largest absolute Gasteiger partial charge is 1.00 e. The molecule has 0 spiro atoms. The number of halogens is 1. The molecule has 98 heavy (non-hydrogen) atoms. The van der Waals surface area contributed by atoms with Crippen molar-refractivity contribution in [3.8, 4) is 11.5 Å². The first-order valence-corrected chi connectivity index (χ1v) is 39.5. The Morgan fingerprint density at radius 2 is 0.755 bits per heavy atom. The molecular formula is C76H92BrNaO16S4. The summed E-state index contributed by atoms with van der Waals surface area (Å²) in [5.41, 5.74) is 4.93. The second kappa shape index (κ2) is 38.2. The van der Waals surface area contributed by atoms with Gasteiger partial charge in [-0.1, -0.05) is 125 Å². The van der Waals surface area contributed by atoms with E-state index in [9.17, 15) is 45.1 Å². The SMILES string of the molecule is CCCCCCOc1c(C)cc([S+](c2ccccc2)c2ccccc2)cc1C.CCCCCCOc1c(C)cc([S+](c2ccccc2)c2ccccc2)cc1C.O=C(CS(=O)(=O)[O-])OC1C2CC3CC(C2)C(=O)OC1C3.O=C(CS(=O)(=O)[O-])OC1C2CC3CC(C2)C(=O)OC1C3.[Br-].[Na+]. The fraction of sp³-hybridized carbons (Fsp3) is 0.474. The van der Waals surface area contributed by atoms with E-state index in [0.717, 1.165) is 63.2 Å². The minimum Gasteiger partial charge on any atom is -1.00 e. The van der Waals surface area contributed by atoms with E-state index in [1.807, 2.05) is 0 Å². The molecule has 524 valence electrons. The van der Waals surface area contributed by atoms with E-state index in [1.54, 1.807) is 0 Å². The molecule has 22 heteroatoms. The van der Waals surface area contributed by atoms with Crippen LogP contribution < -0.4 is 56.0 Å². The Morgan fingerprint density at radius 1 is 0.449 bits per heavy atom. The third-order valence-corrected chi connectivity index (χ3v) is 24.1. The van der Waals surface area contributed by atoms with Crippen molar-refractivity contribution in [3.63, 3.8) is 0 Å². The van der Waals surface area contributed by atoms with Gasteiger partial charge in [-0.2, -0.15) is 0 Å².